The van der Waals surface area contributed by atoms with Crippen molar-refractivity contribution in [3.05, 3.63) is 23.5 Å². The first-order valence-corrected chi connectivity index (χ1v) is 7.48. The van der Waals surface area contributed by atoms with Crippen LogP contribution >= 0.6 is 11.6 Å². The molecule has 1 heterocycles. The van der Waals surface area contributed by atoms with Crippen molar-refractivity contribution in [1.82, 2.24) is 9.71 Å². The largest absolute Gasteiger partial charge is 0.396 e. The highest BCUT2D eigenvalue weighted by atomic mass is 35.5. The molecule has 0 saturated carbocycles. The second-order valence-corrected chi connectivity index (χ2v) is 6.32. The lowest BCUT2D eigenvalue weighted by molar-refractivity contribution is 0.256. The first-order valence-electron chi connectivity index (χ1n) is 5.62. The third-order valence-corrected chi connectivity index (χ3v) is 4.50. The van der Waals surface area contributed by atoms with Crippen molar-refractivity contribution < 1.29 is 13.5 Å². The van der Waals surface area contributed by atoms with Crippen LogP contribution < -0.4 is 4.72 Å². The van der Waals surface area contributed by atoms with E-state index in [0.717, 1.165) is 0 Å². The van der Waals surface area contributed by atoms with Crippen molar-refractivity contribution in [1.29, 1.82) is 0 Å². The summed E-state index contributed by atoms with van der Waals surface area (Å²) in [6.45, 7) is 3.69. The molecule has 0 saturated heterocycles. The van der Waals surface area contributed by atoms with Gasteiger partial charge in [0.1, 0.15) is 10.0 Å². The smallest absolute Gasteiger partial charge is 0.243 e. The van der Waals surface area contributed by atoms with Crippen LogP contribution in [0.2, 0.25) is 5.15 Å². The van der Waals surface area contributed by atoms with E-state index in [4.69, 9.17) is 16.7 Å². The molecule has 7 heteroatoms. The molecule has 1 unspecified atom stereocenters. The fraction of sp³-hybridized carbons (Fsp3) is 0.545. The van der Waals surface area contributed by atoms with Crippen LogP contribution in [0.25, 0.3) is 0 Å². The fourth-order valence-electron chi connectivity index (χ4n) is 1.50. The van der Waals surface area contributed by atoms with Gasteiger partial charge in [0.25, 0.3) is 0 Å². The minimum absolute atomic E-state index is 0.0461. The molecule has 102 valence electrons. The van der Waals surface area contributed by atoms with E-state index in [1.54, 1.807) is 0 Å². The molecule has 1 aromatic heterocycles. The lowest BCUT2D eigenvalue weighted by Gasteiger charge is -2.21. The molecule has 1 rings (SSSR count). The standard InChI is InChI=1S/C11H17ClN2O3S/c1-8(2)9(5-7-15)14-18(16,17)10-4-3-6-13-11(10)12/h3-4,6,8-9,14-15H,5,7H2,1-2H3. The first kappa shape index (κ1) is 15.4. The molecule has 0 radical (unpaired) electrons. The summed E-state index contributed by atoms with van der Waals surface area (Å²) in [5.74, 6) is 0.0716. The van der Waals surface area contributed by atoms with Gasteiger partial charge in [0.15, 0.2) is 0 Å². The van der Waals surface area contributed by atoms with Crippen LogP contribution in [-0.4, -0.2) is 31.2 Å². The quantitative estimate of drug-likeness (QED) is 0.777. The maximum Gasteiger partial charge on any atom is 0.243 e. The monoisotopic (exact) mass is 292 g/mol. The Bertz CT molecular complexity index is 491. The zero-order chi connectivity index (χ0) is 13.8. The van der Waals surface area contributed by atoms with Gasteiger partial charge in [-0.1, -0.05) is 25.4 Å². The van der Waals surface area contributed by atoms with Crippen LogP contribution in [0.1, 0.15) is 20.3 Å². The molecule has 1 aromatic rings. The molecule has 0 aliphatic heterocycles. The lowest BCUT2D eigenvalue weighted by Crippen LogP contribution is -2.39. The molecule has 2 N–H and O–H groups in total. The van der Waals surface area contributed by atoms with Crippen molar-refractivity contribution in [2.45, 2.75) is 31.2 Å². The Morgan fingerprint density at radius 3 is 2.67 bits per heavy atom. The van der Waals surface area contributed by atoms with Gasteiger partial charge >= 0.3 is 0 Å². The zero-order valence-electron chi connectivity index (χ0n) is 10.3. The summed E-state index contributed by atoms with van der Waals surface area (Å²) in [4.78, 5) is 3.69. The van der Waals surface area contributed by atoms with Crippen LogP contribution in [0.5, 0.6) is 0 Å². The van der Waals surface area contributed by atoms with Crippen molar-refractivity contribution in [2.75, 3.05) is 6.61 Å². The van der Waals surface area contributed by atoms with E-state index >= 15 is 0 Å². The maximum absolute atomic E-state index is 12.1. The average Bonchev–Trinajstić information content (AvgIpc) is 2.28. The van der Waals surface area contributed by atoms with Gasteiger partial charge in [0.05, 0.1) is 0 Å². The van der Waals surface area contributed by atoms with Gasteiger partial charge in [0, 0.05) is 18.8 Å². The Kier molecular flexibility index (Phi) is 5.52. The second kappa shape index (κ2) is 6.47. The van der Waals surface area contributed by atoms with Crippen LogP contribution in [-0.2, 0) is 10.0 Å². The molecule has 1 atom stereocenters. The van der Waals surface area contributed by atoms with Gasteiger partial charge in [-0.25, -0.2) is 18.1 Å². The van der Waals surface area contributed by atoms with Gasteiger partial charge in [-0.15, -0.1) is 0 Å². The Hall–Kier alpha value is -0.690. The highest BCUT2D eigenvalue weighted by molar-refractivity contribution is 7.89. The summed E-state index contributed by atoms with van der Waals surface area (Å²) >= 11 is 5.77. The fourth-order valence-corrected chi connectivity index (χ4v) is 3.37. The number of sulfonamides is 1. The molecule has 0 aliphatic rings. The Morgan fingerprint density at radius 2 is 2.17 bits per heavy atom. The highest BCUT2D eigenvalue weighted by Crippen LogP contribution is 2.19. The third kappa shape index (κ3) is 3.91. The highest BCUT2D eigenvalue weighted by Gasteiger charge is 2.24. The molecule has 18 heavy (non-hydrogen) atoms. The maximum atomic E-state index is 12.1. The first-order chi connectivity index (χ1) is 8.38. The van der Waals surface area contributed by atoms with E-state index < -0.39 is 10.0 Å². The van der Waals surface area contributed by atoms with E-state index in [2.05, 4.69) is 9.71 Å². The van der Waals surface area contributed by atoms with Crippen molar-refractivity contribution in [2.24, 2.45) is 5.92 Å². The third-order valence-electron chi connectivity index (χ3n) is 2.57. The van der Waals surface area contributed by atoms with Crippen LogP contribution in [0.4, 0.5) is 0 Å². The minimum atomic E-state index is -3.71. The van der Waals surface area contributed by atoms with Gasteiger partial charge in [-0.2, -0.15) is 0 Å². The van der Waals surface area contributed by atoms with Crippen molar-refractivity contribution in [3.8, 4) is 0 Å². The van der Waals surface area contributed by atoms with E-state index in [0.29, 0.717) is 6.42 Å². The normalized spacial score (nSPS) is 13.8. The van der Waals surface area contributed by atoms with Crippen LogP contribution in [0.3, 0.4) is 0 Å². The number of pyridine rings is 1. The number of aliphatic hydroxyl groups excluding tert-OH is 1. The number of hydrogen-bond acceptors (Lipinski definition) is 4. The Balaban J connectivity index is 2.97. The Labute approximate surface area is 112 Å². The van der Waals surface area contributed by atoms with Crippen LogP contribution in [0, 0.1) is 5.92 Å². The summed E-state index contributed by atoms with van der Waals surface area (Å²) in [5, 5.41) is 8.88. The summed E-state index contributed by atoms with van der Waals surface area (Å²) < 4.78 is 26.8. The zero-order valence-corrected chi connectivity index (χ0v) is 11.9. The number of nitrogens with zero attached hydrogens (tertiary/aromatic N) is 1. The van der Waals surface area contributed by atoms with E-state index in [-0.39, 0.29) is 28.6 Å². The number of aliphatic hydroxyl groups is 1. The van der Waals surface area contributed by atoms with Gasteiger partial charge < -0.3 is 5.11 Å². The number of rotatable bonds is 6. The summed E-state index contributed by atoms with van der Waals surface area (Å²) in [6.07, 6.45) is 1.78. The molecule has 0 bridgehead atoms. The SMILES string of the molecule is CC(C)C(CCO)NS(=O)(=O)c1cccnc1Cl. The van der Waals surface area contributed by atoms with E-state index in [9.17, 15) is 8.42 Å². The Morgan fingerprint density at radius 1 is 1.50 bits per heavy atom. The number of aromatic nitrogens is 1. The molecular weight excluding hydrogens is 276 g/mol. The van der Waals surface area contributed by atoms with Gasteiger partial charge in [-0.3, -0.25) is 0 Å². The predicted molar refractivity (Wildman–Crippen MR) is 69.9 cm³/mol. The number of hydrogen-bond donors (Lipinski definition) is 2. The number of halogens is 1. The molecule has 0 aromatic carbocycles. The predicted octanol–water partition coefficient (Wildman–Crippen LogP) is 1.42. The molecule has 0 amide bonds. The van der Waals surface area contributed by atoms with Gasteiger partial charge in [-0.05, 0) is 24.5 Å². The van der Waals surface area contributed by atoms with Crippen molar-refractivity contribution >= 4 is 21.6 Å². The lowest BCUT2D eigenvalue weighted by atomic mass is 10.0. The molecule has 0 aliphatic carbocycles. The molecular formula is C11H17ClN2O3S. The van der Waals surface area contributed by atoms with Crippen molar-refractivity contribution in [3.63, 3.8) is 0 Å². The van der Waals surface area contributed by atoms with E-state index in [1.165, 1.54) is 18.3 Å². The average molecular weight is 293 g/mol. The van der Waals surface area contributed by atoms with Gasteiger partial charge in [0.2, 0.25) is 10.0 Å². The minimum Gasteiger partial charge on any atom is -0.396 e. The summed E-state index contributed by atoms with van der Waals surface area (Å²) in [5.41, 5.74) is 0. The summed E-state index contributed by atoms with van der Waals surface area (Å²) in [6, 6.07) is 2.57. The van der Waals surface area contributed by atoms with Crippen LogP contribution in [0.15, 0.2) is 23.2 Å². The molecule has 5 nitrogen and oxygen atoms in total. The number of nitrogens with one attached hydrogen (secondary N) is 1. The molecule has 0 fully saturated rings. The molecule has 0 spiro atoms. The topological polar surface area (TPSA) is 79.3 Å². The second-order valence-electron chi connectivity index (χ2n) is 4.28. The summed E-state index contributed by atoms with van der Waals surface area (Å²) in [7, 11) is -3.71. The van der Waals surface area contributed by atoms with E-state index in [1.807, 2.05) is 13.8 Å².